The Bertz CT molecular complexity index is 380. The fraction of sp³-hybridized carbons (Fsp3) is 0.625. The topological polar surface area (TPSA) is 15.3 Å². The summed E-state index contributed by atoms with van der Waals surface area (Å²) in [5.74, 6) is 0. The highest BCUT2D eigenvalue weighted by Crippen LogP contribution is 2.20. The van der Waals surface area contributed by atoms with Crippen LogP contribution in [0.4, 0.5) is 0 Å². The molecular weight excluding hydrogens is 300 g/mol. The Balaban J connectivity index is 1.83. The van der Waals surface area contributed by atoms with Crippen LogP contribution in [0.3, 0.4) is 0 Å². The van der Waals surface area contributed by atoms with Crippen LogP contribution >= 0.6 is 15.9 Å². The molecule has 1 fully saturated rings. The van der Waals surface area contributed by atoms with E-state index in [1.807, 2.05) is 0 Å². The number of likely N-dealkylation sites (tertiary alicyclic amines) is 1. The van der Waals surface area contributed by atoms with Crippen molar-refractivity contribution in [3.8, 4) is 0 Å². The maximum absolute atomic E-state index is 3.77. The first-order valence-electron chi connectivity index (χ1n) is 7.32. The monoisotopic (exact) mass is 324 g/mol. The molecule has 0 amide bonds. The van der Waals surface area contributed by atoms with Gasteiger partial charge in [-0.05, 0) is 64.4 Å². The van der Waals surface area contributed by atoms with E-state index in [2.05, 4.69) is 71.2 Å². The molecule has 2 rings (SSSR count). The molecule has 1 saturated heterocycles. The Morgan fingerprint density at radius 3 is 2.21 bits per heavy atom. The molecule has 1 N–H and O–H groups in total. The zero-order valence-electron chi connectivity index (χ0n) is 12.2. The molecule has 1 aliphatic rings. The molecule has 1 aromatic carbocycles. The summed E-state index contributed by atoms with van der Waals surface area (Å²) in [4.78, 5) is 2.57. The Hall–Kier alpha value is -0.380. The normalized spacial score (nSPS) is 19.8. The van der Waals surface area contributed by atoms with Crippen molar-refractivity contribution in [3.63, 3.8) is 0 Å². The van der Waals surface area contributed by atoms with Gasteiger partial charge in [-0.3, -0.25) is 0 Å². The van der Waals surface area contributed by atoms with E-state index in [-0.39, 0.29) is 0 Å². The average Bonchev–Trinajstić information content (AvgIpc) is 2.40. The number of hydrogen-bond acceptors (Lipinski definition) is 2. The summed E-state index contributed by atoms with van der Waals surface area (Å²) < 4.78 is 1.15. The van der Waals surface area contributed by atoms with Gasteiger partial charge in [-0.25, -0.2) is 0 Å². The van der Waals surface area contributed by atoms with Crippen molar-refractivity contribution in [1.29, 1.82) is 0 Å². The van der Waals surface area contributed by atoms with Crippen LogP contribution in [0.5, 0.6) is 0 Å². The van der Waals surface area contributed by atoms with Gasteiger partial charge in [0, 0.05) is 22.6 Å². The fourth-order valence-corrected chi connectivity index (χ4v) is 3.05. The van der Waals surface area contributed by atoms with Gasteiger partial charge in [0.25, 0.3) is 0 Å². The minimum Gasteiger partial charge on any atom is -0.307 e. The molecule has 0 spiro atoms. The van der Waals surface area contributed by atoms with Crippen LogP contribution < -0.4 is 5.32 Å². The molecule has 1 heterocycles. The number of nitrogens with zero attached hydrogens (tertiary/aromatic N) is 1. The summed E-state index contributed by atoms with van der Waals surface area (Å²) in [5.41, 5.74) is 1.37. The van der Waals surface area contributed by atoms with Crippen LogP contribution in [-0.4, -0.2) is 30.1 Å². The molecule has 0 saturated carbocycles. The lowest BCUT2D eigenvalue weighted by Gasteiger charge is -2.36. The van der Waals surface area contributed by atoms with Crippen LogP contribution in [0.2, 0.25) is 0 Å². The lowest BCUT2D eigenvalue weighted by Crippen LogP contribution is -2.45. The number of hydrogen-bond donors (Lipinski definition) is 1. The van der Waals surface area contributed by atoms with Crippen LogP contribution in [0, 0.1) is 0 Å². The third kappa shape index (κ3) is 4.30. The number of piperidine rings is 1. The second-order valence-electron chi connectivity index (χ2n) is 5.84. The first kappa shape index (κ1) is 15.0. The Morgan fingerprint density at radius 2 is 1.68 bits per heavy atom. The second kappa shape index (κ2) is 6.87. The predicted molar refractivity (Wildman–Crippen MR) is 85.4 cm³/mol. The molecule has 0 aliphatic carbocycles. The molecule has 106 valence electrons. The van der Waals surface area contributed by atoms with Crippen molar-refractivity contribution in [3.05, 3.63) is 34.3 Å². The van der Waals surface area contributed by atoms with Gasteiger partial charge in [0.05, 0.1) is 0 Å². The number of rotatable bonds is 4. The first-order chi connectivity index (χ1) is 9.06. The fourth-order valence-electron chi connectivity index (χ4n) is 2.78. The number of benzene rings is 1. The molecule has 0 bridgehead atoms. The highest BCUT2D eigenvalue weighted by molar-refractivity contribution is 9.10. The highest BCUT2D eigenvalue weighted by atomic mass is 79.9. The van der Waals surface area contributed by atoms with E-state index in [1.54, 1.807) is 0 Å². The molecular formula is C16H25BrN2. The third-order valence-electron chi connectivity index (χ3n) is 4.12. The van der Waals surface area contributed by atoms with Crippen molar-refractivity contribution >= 4 is 15.9 Å². The van der Waals surface area contributed by atoms with Crippen LogP contribution in [0.1, 0.15) is 45.2 Å². The van der Waals surface area contributed by atoms with Crippen molar-refractivity contribution < 1.29 is 0 Å². The van der Waals surface area contributed by atoms with Crippen molar-refractivity contribution in [2.24, 2.45) is 0 Å². The van der Waals surface area contributed by atoms with E-state index in [4.69, 9.17) is 0 Å². The minimum atomic E-state index is 0.434. The summed E-state index contributed by atoms with van der Waals surface area (Å²) in [7, 11) is 0. The highest BCUT2D eigenvalue weighted by Gasteiger charge is 2.21. The Kier molecular flexibility index (Phi) is 5.43. The minimum absolute atomic E-state index is 0.434. The van der Waals surface area contributed by atoms with Gasteiger partial charge < -0.3 is 10.2 Å². The SMILES string of the molecule is CC(C)N1CCC(N[C@@H](C)c2ccc(Br)cc2)CC1. The van der Waals surface area contributed by atoms with Crippen LogP contribution in [0.25, 0.3) is 0 Å². The van der Waals surface area contributed by atoms with E-state index in [9.17, 15) is 0 Å². The summed E-state index contributed by atoms with van der Waals surface area (Å²) >= 11 is 3.49. The number of nitrogens with one attached hydrogen (secondary N) is 1. The van der Waals surface area contributed by atoms with Crippen LogP contribution in [0.15, 0.2) is 28.7 Å². The average molecular weight is 325 g/mol. The van der Waals surface area contributed by atoms with E-state index < -0.39 is 0 Å². The summed E-state index contributed by atoms with van der Waals surface area (Å²) in [6.07, 6.45) is 2.53. The van der Waals surface area contributed by atoms with Crippen molar-refractivity contribution in [2.75, 3.05) is 13.1 Å². The summed E-state index contributed by atoms with van der Waals surface area (Å²) in [6.45, 7) is 9.29. The molecule has 1 aliphatic heterocycles. The molecule has 0 unspecified atom stereocenters. The van der Waals surface area contributed by atoms with Gasteiger partial charge in [-0.2, -0.15) is 0 Å². The molecule has 19 heavy (non-hydrogen) atoms. The van der Waals surface area contributed by atoms with E-state index in [0.717, 1.165) is 4.47 Å². The first-order valence-corrected chi connectivity index (χ1v) is 8.11. The van der Waals surface area contributed by atoms with Gasteiger partial charge in [-0.1, -0.05) is 28.1 Å². The molecule has 0 aromatic heterocycles. The van der Waals surface area contributed by atoms with Crippen molar-refractivity contribution in [1.82, 2.24) is 10.2 Å². The van der Waals surface area contributed by atoms with Gasteiger partial charge >= 0.3 is 0 Å². The van der Waals surface area contributed by atoms with E-state index in [0.29, 0.717) is 18.1 Å². The predicted octanol–water partition coefficient (Wildman–Crippen LogP) is 3.97. The Morgan fingerprint density at radius 1 is 1.11 bits per heavy atom. The summed E-state index contributed by atoms with van der Waals surface area (Å²) in [6, 6.07) is 10.4. The molecule has 1 atom stereocenters. The Labute approximate surface area is 125 Å². The third-order valence-corrected chi connectivity index (χ3v) is 4.64. The largest absolute Gasteiger partial charge is 0.307 e. The molecule has 3 heteroatoms. The van der Waals surface area contributed by atoms with Gasteiger partial charge in [-0.15, -0.1) is 0 Å². The van der Waals surface area contributed by atoms with E-state index >= 15 is 0 Å². The molecule has 2 nitrogen and oxygen atoms in total. The van der Waals surface area contributed by atoms with Gasteiger partial charge in [0.2, 0.25) is 0 Å². The number of halogens is 1. The maximum Gasteiger partial charge on any atom is 0.0294 e. The summed E-state index contributed by atoms with van der Waals surface area (Å²) in [5, 5.41) is 3.77. The zero-order chi connectivity index (χ0) is 13.8. The van der Waals surface area contributed by atoms with Crippen LogP contribution in [-0.2, 0) is 0 Å². The second-order valence-corrected chi connectivity index (χ2v) is 6.76. The standard InChI is InChI=1S/C16H25BrN2/c1-12(2)19-10-8-16(9-11-19)18-13(3)14-4-6-15(17)7-5-14/h4-7,12-13,16,18H,8-11H2,1-3H3/t13-/m0/s1. The maximum atomic E-state index is 3.77. The smallest absolute Gasteiger partial charge is 0.0294 e. The molecule has 0 radical (unpaired) electrons. The molecule has 1 aromatic rings. The van der Waals surface area contributed by atoms with Crippen molar-refractivity contribution in [2.45, 2.75) is 51.7 Å². The van der Waals surface area contributed by atoms with Gasteiger partial charge in [0.1, 0.15) is 0 Å². The van der Waals surface area contributed by atoms with Gasteiger partial charge in [0.15, 0.2) is 0 Å². The quantitative estimate of drug-likeness (QED) is 0.901. The lowest BCUT2D eigenvalue weighted by atomic mass is 10.0. The van der Waals surface area contributed by atoms with E-state index in [1.165, 1.54) is 31.5 Å². The lowest BCUT2D eigenvalue weighted by molar-refractivity contribution is 0.157. The zero-order valence-corrected chi connectivity index (χ0v) is 13.8.